The summed E-state index contributed by atoms with van der Waals surface area (Å²) >= 11 is 0. The zero-order valence-corrected chi connectivity index (χ0v) is 14.7. The number of anilines is 1. The highest BCUT2D eigenvalue weighted by atomic mass is 16.5. The number of carbonyl (C=O) groups excluding carboxylic acids is 2. The number of methoxy groups -OCH3 is 1. The first kappa shape index (κ1) is 18.3. The maximum Gasteiger partial charge on any atom is 0.238 e. The Kier molecular flexibility index (Phi) is 6.61. The zero-order valence-electron chi connectivity index (χ0n) is 14.7. The highest BCUT2D eigenvalue weighted by Crippen LogP contribution is 2.17. The highest BCUT2D eigenvalue weighted by Gasteiger charge is 2.22. The van der Waals surface area contributed by atoms with E-state index in [9.17, 15) is 9.59 Å². The van der Waals surface area contributed by atoms with Gasteiger partial charge in [0, 0.05) is 24.8 Å². The molecule has 1 saturated heterocycles. The smallest absolute Gasteiger partial charge is 0.238 e. The summed E-state index contributed by atoms with van der Waals surface area (Å²) in [7, 11) is 3.37. The third-order valence-corrected chi connectivity index (χ3v) is 4.18. The lowest BCUT2D eigenvalue weighted by Gasteiger charge is -2.32. The molecule has 6 heteroatoms. The van der Waals surface area contributed by atoms with E-state index < -0.39 is 0 Å². The number of likely N-dealkylation sites (tertiary alicyclic amines) is 1. The number of piperidine rings is 1. The summed E-state index contributed by atoms with van der Waals surface area (Å²) in [5.41, 5.74) is 0.684. The fraction of sp³-hybridized carbons (Fsp3) is 0.556. The monoisotopic (exact) mass is 333 g/mol. The fourth-order valence-electron chi connectivity index (χ4n) is 2.95. The van der Waals surface area contributed by atoms with Crippen LogP contribution in [0, 0.1) is 5.92 Å². The molecule has 24 heavy (non-hydrogen) atoms. The van der Waals surface area contributed by atoms with Crippen molar-refractivity contribution in [3.63, 3.8) is 0 Å². The van der Waals surface area contributed by atoms with Crippen molar-refractivity contribution in [1.29, 1.82) is 0 Å². The summed E-state index contributed by atoms with van der Waals surface area (Å²) in [4.78, 5) is 28.1. The van der Waals surface area contributed by atoms with Gasteiger partial charge < -0.3 is 15.0 Å². The maximum atomic E-state index is 12.3. The van der Waals surface area contributed by atoms with Crippen LogP contribution in [0.3, 0.4) is 0 Å². The predicted octanol–water partition coefficient (Wildman–Crippen LogP) is 1.82. The number of hydrogen-bond acceptors (Lipinski definition) is 4. The van der Waals surface area contributed by atoms with Crippen LogP contribution >= 0.6 is 0 Å². The van der Waals surface area contributed by atoms with Crippen LogP contribution in [0.5, 0.6) is 5.75 Å². The van der Waals surface area contributed by atoms with Crippen molar-refractivity contribution in [2.45, 2.75) is 19.8 Å². The van der Waals surface area contributed by atoms with Gasteiger partial charge >= 0.3 is 0 Å². The van der Waals surface area contributed by atoms with Gasteiger partial charge in [0.25, 0.3) is 0 Å². The second-order valence-corrected chi connectivity index (χ2v) is 6.54. The van der Waals surface area contributed by atoms with Crippen LogP contribution in [0.25, 0.3) is 0 Å². The van der Waals surface area contributed by atoms with E-state index in [-0.39, 0.29) is 24.9 Å². The summed E-state index contributed by atoms with van der Waals surface area (Å²) in [5, 5.41) is 2.82. The summed E-state index contributed by atoms with van der Waals surface area (Å²) in [6, 6.07) is 7.21. The van der Waals surface area contributed by atoms with E-state index in [1.54, 1.807) is 31.2 Å². The molecule has 1 aromatic carbocycles. The van der Waals surface area contributed by atoms with Gasteiger partial charge in [-0.05, 0) is 37.9 Å². The van der Waals surface area contributed by atoms with E-state index in [2.05, 4.69) is 12.2 Å². The molecular weight excluding hydrogens is 306 g/mol. The van der Waals surface area contributed by atoms with Crippen molar-refractivity contribution < 1.29 is 14.3 Å². The summed E-state index contributed by atoms with van der Waals surface area (Å²) in [6.45, 7) is 4.25. The number of ether oxygens (including phenoxy) is 1. The molecule has 132 valence electrons. The molecule has 0 aromatic heterocycles. The molecule has 0 spiro atoms. The largest absolute Gasteiger partial charge is 0.497 e. The van der Waals surface area contributed by atoms with Gasteiger partial charge in [-0.15, -0.1) is 0 Å². The number of carbonyl (C=O) groups is 2. The van der Waals surface area contributed by atoms with E-state index in [0.717, 1.165) is 19.5 Å². The van der Waals surface area contributed by atoms with E-state index in [4.69, 9.17) is 4.74 Å². The minimum Gasteiger partial charge on any atom is -0.497 e. The first-order valence-electron chi connectivity index (χ1n) is 8.38. The number of nitrogens with one attached hydrogen (secondary N) is 1. The van der Waals surface area contributed by atoms with Gasteiger partial charge in [-0.3, -0.25) is 14.5 Å². The van der Waals surface area contributed by atoms with Crippen LogP contribution in [-0.2, 0) is 9.59 Å². The average Bonchev–Trinajstić information content (AvgIpc) is 2.54. The van der Waals surface area contributed by atoms with Crippen molar-refractivity contribution in [3.05, 3.63) is 24.3 Å². The first-order valence-corrected chi connectivity index (χ1v) is 8.38. The Morgan fingerprint density at radius 1 is 1.38 bits per heavy atom. The molecular formula is C18H27N3O3. The maximum absolute atomic E-state index is 12.3. The molecule has 1 heterocycles. The summed E-state index contributed by atoms with van der Waals surface area (Å²) in [5.74, 6) is 1.20. The topological polar surface area (TPSA) is 61.9 Å². The minimum absolute atomic E-state index is 0.0956. The van der Waals surface area contributed by atoms with Crippen molar-refractivity contribution in [2.24, 2.45) is 5.92 Å². The molecule has 1 aliphatic rings. The highest BCUT2D eigenvalue weighted by molar-refractivity contribution is 5.92. The molecule has 0 unspecified atom stereocenters. The Labute approximate surface area is 143 Å². The van der Waals surface area contributed by atoms with Gasteiger partial charge in [0.05, 0.1) is 20.2 Å². The number of amides is 2. The lowest BCUT2D eigenvalue weighted by atomic mass is 10.0. The molecule has 2 amide bonds. The van der Waals surface area contributed by atoms with Gasteiger partial charge in [-0.2, -0.15) is 0 Å². The van der Waals surface area contributed by atoms with Crippen LogP contribution in [0.1, 0.15) is 19.8 Å². The average molecular weight is 333 g/mol. The number of rotatable bonds is 6. The SMILES string of the molecule is COc1cccc(NC(=O)CN(C)CC(=O)N2CCC[C@@H](C)C2)c1. The molecule has 0 radical (unpaired) electrons. The van der Waals surface area contributed by atoms with E-state index in [0.29, 0.717) is 17.4 Å². The molecule has 0 bridgehead atoms. The van der Waals surface area contributed by atoms with Crippen molar-refractivity contribution >= 4 is 17.5 Å². The second-order valence-electron chi connectivity index (χ2n) is 6.54. The molecule has 1 aromatic rings. The van der Waals surface area contributed by atoms with E-state index in [1.807, 2.05) is 17.0 Å². The van der Waals surface area contributed by atoms with Crippen molar-refractivity contribution in [2.75, 3.05) is 45.7 Å². The molecule has 0 saturated carbocycles. The number of hydrogen-bond donors (Lipinski definition) is 1. The van der Waals surface area contributed by atoms with Crippen molar-refractivity contribution in [3.8, 4) is 5.75 Å². The van der Waals surface area contributed by atoms with Crippen LogP contribution in [0.15, 0.2) is 24.3 Å². The Morgan fingerprint density at radius 2 is 2.17 bits per heavy atom. The molecule has 1 N–H and O–H groups in total. The molecule has 1 aliphatic heterocycles. The van der Waals surface area contributed by atoms with Crippen molar-refractivity contribution in [1.82, 2.24) is 9.80 Å². The van der Waals surface area contributed by atoms with Crippen LogP contribution in [-0.4, -0.2) is 62.0 Å². The third kappa shape index (κ3) is 5.53. The van der Waals surface area contributed by atoms with Gasteiger partial charge in [0.15, 0.2) is 0 Å². The Balaban J connectivity index is 1.79. The molecule has 6 nitrogen and oxygen atoms in total. The standard InChI is InChI=1S/C18H27N3O3/c1-14-6-5-9-21(11-14)18(23)13-20(2)12-17(22)19-15-7-4-8-16(10-15)24-3/h4,7-8,10,14H,5-6,9,11-13H2,1-3H3,(H,19,22)/t14-/m1/s1. The third-order valence-electron chi connectivity index (χ3n) is 4.18. The Hall–Kier alpha value is -2.08. The van der Waals surface area contributed by atoms with Crippen LogP contribution < -0.4 is 10.1 Å². The van der Waals surface area contributed by atoms with Crippen LogP contribution in [0.2, 0.25) is 0 Å². The predicted molar refractivity (Wildman–Crippen MR) is 94.1 cm³/mol. The molecule has 1 atom stereocenters. The number of benzene rings is 1. The summed E-state index contributed by atoms with van der Waals surface area (Å²) < 4.78 is 5.13. The fourth-order valence-corrected chi connectivity index (χ4v) is 2.95. The first-order chi connectivity index (χ1) is 11.5. The number of likely N-dealkylation sites (N-methyl/N-ethyl adjacent to an activating group) is 1. The zero-order chi connectivity index (χ0) is 17.5. The van der Waals surface area contributed by atoms with E-state index >= 15 is 0 Å². The quantitative estimate of drug-likeness (QED) is 0.863. The van der Waals surface area contributed by atoms with Crippen LogP contribution in [0.4, 0.5) is 5.69 Å². The van der Waals surface area contributed by atoms with Gasteiger partial charge in [-0.25, -0.2) is 0 Å². The van der Waals surface area contributed by atoms with E-state index in [1.165, 1.54) is 6.42 Å². The minimum atomic E-state index is -0.148. The number of nitrogens with zero attached hydrogens (tertiary/aromatic N) is 2. The Bertz CT molecular complexity index is 576. The second kappa shape index (κ2) is 8.68. The lowest BCUT2D eigenvalue weighted by Crippen LogP contribution is -2.45. The van der Waals surface area contributed by atoms with Gasteiger partial charge in [-0.1, -0.05) is 13.0 Å². The molecule has 0 aliphatic carbocycles. The van der Waals surface area contributed by atoms with Gasteiger partial charge in [0.2, 0.25) is 11.8 Å². The summed E-state index contributed by atoms with van der Waals surface area (Å²) in [6.07, 6.45) is 2.25. The molecule has 2 rings (SSSR count). The normalized spacial score (nSPS) is 17.7. The Morgan fingerprint density at radius 3 is 2.88 bits per heavy atom. The lowest BCUT2D eigenvalue weighted by molar-refractivity contribution is -0.134. The van der Waals surface area contributed by atoms with Gasteiger partial charge in [0.1, 0.15) is 5.75 Å². The molecule has 1 fully saturated rings.